The van der Waals surface area contributed by atoms with Crippen molar-refractivity contribution in [2.75, 3.05) is 11.9 Å². The highest BCUT2D eigenvalue weighted by atomic mass is 32.2. The molecule has 0 bridgehead atoms. The van der Waals surface area contributed by atoms with Crippen LogP contribution in [-0.2, 0) is 10.0 Å². The van der Waals surface area contributed by atoms with Crippen LogP contribution in [0.1, 0.15) is 19.3 Å². The van der Waals surface area contributed by atoms with Crippen molar-refractivity contribution in [3.63, 3.8) is 0 Å². The number of nitrogens with two attached hydrogens (primary N) is 1. The fourth-order valence-electron chi connectivity index (χ4n) is 1.68. The first-order valence-electron chi connectivity index (χ1n) is 5.43. The molecule has 0 aromatic heterocycles. The first kappa shape index (κ1) is 11.4. The number of benzene rings is 1. The van der Waals surface area contributed by atoms with E-state index < -0.39 is 10.0 Å². The number of para-hydroxylation sites is 1. The molecule has 1 aromatic rings. The second kappa shape index (κ2) is 4.43. The van der Waals surface area contributed by atoms with Gasteiger partial charge in [-0.15, -0.1) is 0 Å². The van der Waals surface area contributed by atoms with Crippen molar-refractivity contribution in [3.05, 3.63) is 24.3 Å². The van der Waals surface area contributed by atoms with Crippen LogP contribution >= 0.6 is 0 Å². The third-order valence-corrected chi connectivity index (χ3v) is 3.73. The maximum atomic E-state index is 11.3. The first-order valence-corrected chi connectivity index (χ1v) is 6.98. The Morgan fingerprint density at radius 2 is 2.00 bits per heavy atom. The third kappa shape index (κ3) is 2.96. The average molecular weight is 240 g/mol. The molecule has 0 radical (unpaired) electrons. The van der Waals surface area contributed by atoms with Gasteiger partial charge >= 0.3 is 0 Å². The van der Waals surface area contributed by atoms with Gasteiger partial charge in [-0.25, -0.2) is 13.6 Å². The Bertz CT molecular complexity index is 467. The summed E-state index contributed by atoms with van der Waals surface area (Å²) >= 11 is 0. The number of sulfonamides is 1. The van der Waals surface area contributed by atoms with Gasteiger partial charge in [0.2, 0.25) is 10.0 Å². The molecule has 0 heterocycles. The molecule has 0 atom stereocenters. The van der Waals surface area contributed by atoms with Gasteiger partial charge < -0.3 is 5.32 Å². The van der Waals surface area contributed by atoms with Crippen LogP contribution in [0.5, 0.6) is 0 Å². The van der Waals surface area contributed by atoms with E-state index in [0.29, 0.717) is 5.69 Å². The summed E-state index contributed by atoms with van der Waals surface area (Å²) in [6.07, 6.45) is 3.70. The van der Waals surface area contributed by atoms with Gasteiger partial charge in [0.15, 0.2) is 0 Å². The maximum absolute atomic E-state index is 11.3. The number of primary sulfonamides is 1. The predicted molar refractivity (Wildman–Crippen MR) is 63.6 cm³/mol. The number of hydrogen-bond donors (Lipinski definition) is 2. The maximum Gasteiger partial charge on any atom is 0.240 e. The molecule has 88 valence electrons. The standard InChI is InChI=1S/C11H16N2O2S/c12-16(14,15)11-4-2-1-3-10(11)13-8-7-9-5-6-9/h1-4,9,13H,5-8H2,(H2,12,14,15). The molecule has 1 aromatic carbocycles. The summed E-state index contributed by atoms with van der Waals surface area (Å²) in [6.45, 7) is 0.803. The van der Waals surface area contributed by atoms with Gasteiger partial charge in [0.05, 0.1) is 5.69 Å². The zero-order valence-electron chi connectivity index (χ0n) is 9.02. The number of hydrogen-bond acceptors (Lipinski definition) is 3. The lowest BCUT2D eigenvalue weighted by atomic mass is 10.2. The van der Waals surface area contributed by atoms with E-state index in [2.05, 4.69) is 5.32 Å². The van der Waals surface area contributed by atoms with Crippen LogP contribution in [0.25, 0.3) is 0 Å². The zero-order chi connectivity index (χ0) is 11.6. The van der Waals surface area contributed by atoms with Gasteiger partial charge in [0, 0.05) is 6.54 Å². The lowest BCUT2D eigenvalue weighted by molar-refractivity contribution is 0.598. The molecule has 0 spiro atoms. The summed E-state index contributed by atoms with van der Waals surface area (Å²) < 4.78 is 22.6. The van der Waals surface area contributed by atoms with E-state index >= 15 is 0 Å². The van der Waals surface area contributed by atoms with Gasteiger partial charge in [-0.2, -0.15) is 0 Å². The SMILES string of the molecule is NS(=O)(=O)c1ccccc1NCCC1CC1. The Kier molecular flexibility index (Phi) is 3.16. The topological polar surface area (TPSA) is 72.2 Å². The smallest absolute Gasteiger partial charge is 0.240 e. The zero-order valence-corrected chi connectivity index (χ0v) is 9.83. The average Bonchev–Trinajstić information content (AvgIpc) is 3.01. The largest absolute Gasteiger partial charge is 0.384 e. The molecule has 3 N–H and O–H groups in total. The molecule has 2 rings (SSSR count). The van der Waals surface area contributed by atoms with Crippen LogP contribution < -0.4 is 10.5 Å². The van der Waals surface area contributed by atoms with E-state index in [1.54, 1.807) is 18.2 Å². The van der Waals surface area contributed by atoms with Gasteiger partial charge in [-0.1, -0.05) is 25.0 Å². The quantitative estimate of drug-likeness (QED) is 0.820. The number of rotatable bonds is 5. The second-order valence-corrected chi connectivity index (χ2v) is 5.73. The van der Waals surface area contributed by atoms with Gasteiger partial charge in [-0.05, 0) is 24.5 Å². The van der Waals surface area contributed by atoms with Crippen molar-refractivity contribution in [1.82, 2.24) is 0 Å². The molecule has 4 nitrogen and oxygen atoms in total. The van der Waals surface area contributed by atoms with E-state index in [4.69, 9.17) is 5.14 Å². The number of nitrogens with one attached hydrogen (secondary N) is 1. The van der Waals surface area contributed by atoms with Crippen LogP contribution in [0.3, 0.4) is 0 Å². The van der Waals surface area contributed by atoms with Gasteiger partial charge in [-0.3, -0.25) is 0 Å². The lowest BCUT2D eigenvalue weighted by Crippen LogP contribution is -2.15. The minimum atomic E-state index is -3.63. The van der Waals surface area contributed by atoms with Crippen LogP contribution in [0, 0.1) is 5.92 Å². The monoisotopic (exact) mass is 240 g/mol. The van der Waals surface area contributed by atoms with Crippen molar-refractivity contribution >= 4 is 15.7 Å². The Morgan fingerprint density at radius 1 is 1.31 bits per heavy atom. The lowest BCUT2D eigenvalue weighted by Gasteiger charge is -2.09. The molecule has 1 saturated carbocycles. The van der Waals surface area contributed by atoms with Crippen molar-refractivity contribution in [2.45, 2.75) is 24.2 Å². The van der Waals surface area contributed by atoms with E-state index in [9.17, 15) is 8.42 Å². The van der Waals surface area contributed by atoms with E-state index in [0.717, 1.165) is 18.9 Å². The van der Waals surface area contributed by atoms with E-state index in [1.165, 1.54) is 18.9 Å². The van der Waals surface area contributed by atoms with Crippen molar-refractivity contribution in [3.8, 4) is 0 Å². The Hall–Kier alpha value is -1.07. The van der Waals surface area contributed by atoms with E-state index in [-0.39, 0.29) is 4.90 Å². The van der Waals surface area contributed by atoms with E-state index in [1.807, 2.05) is 0 Å². The molecule has 0 aliphatic heterocycles. The Labute approximate surface area is 95.9 Å². The van der Waals surface area contributed by atoms with Crippen LogP contribution in [0.4, 0.5) is 5.69 Å². The highest BCUT2D eigenvalue weighted by molar-refractivity contribution is 7.89. The molecular weight excluding hydrogens is 224 g/mol. The van der Waals surface area contributed by atoms with Crippen LogP contribution in [0.2, 0.25) is 0 Å². The summed E-state index contributed by atoms with van der Waals surface area (Å²) in [6, 6.07) is 6.74. The molecule has 0 saturated heterocycles. The van der Waals surface area contributed by atoms with Crippen molar-refractivity contribution in [1.29, 1.82) is 0 Å². The summed E-state index contributed by atoms with van der Waals surface area (Å²) in [5.74, 6) is 0.828. The van der Waals surface area contributed by atoms with Crippen molar-refractivity contribution in [2.24, 2.45) is 11.1 Å². The second-order valence-electron chi connectivity index (χ2n) is 4.20. The van der Waals surface area contributed by atoms with Crippen LogP contribution in [0.15, 0.2) is 29.2 Å². The normalized spacial score (nSPS) is 16.1. The summed E-state index contributed by atoms with van der Waals surface area (Å²) in [5.41, 5.74) is 0.602. The summed E-state index contributed by atoms with van der Waals surface area (Å²) in [5, 5.41) is 8.27. The molecular formula is C11H16N2O2S. The minimum absolute atomic E-state index is 0.172. The van der Waals surface area contributed by atoms with Gasteiger partial charge in [0.25, 0.3) is 0 Å². The third-order valence-electron chi connectivity index (χ3n) is 2.76. The molecule has 1 aliphatic carbocycles. The molecule has 1 fully saturated rings. The molecule has 16 heavy (non-hydrogen) atoms. The Morgan fingerprint density at radius 3 is 2.62 bits per heavy atom. The fourth-order valence-corrected chi connectivity index (χ4v) is 2.39. The van der Waals surface area contributed by atoms with Gasteiger partial charge in [0.1, 0.15) is 4.90 Å². The Balaban J connectivity index is 2.06. The minimum Gasteiger partial charge on any atom is -0.384 e. The molecule has 1 aliphatic rings. The molecule has 5 heteroatoms. The molecule has 0 unspecified atom stereocenters. The first-order chi connectivity index (χ1) is 7.57. The fraction of sp³-hybridized carbons (Fsp3) is 0.455. The highest BCUT2D eigenvalue weighted by Gasteiger charge is 2.20. The summed E-state index contributed by atoms with van der Waals surface area (Å²) in [7, 11) is -3.63. The molecule has 0 amide bonds. The number of anilines is 1. The highest BCUT2D eigenvalue weighted by Crippen LogP contribution is 2.32. The predicted octanol–water partition coefficient (Wildman–Crippen LogP) is 1.55. The summed E-state index contributed by atoms with van der Waals surface area (Å²) in [4.78, 5) is 0.172. The van der Waals surface area contributed by atoms with Crippen molar-refractivity contribution < 1.29 is 8.42 Å². The van der Waals surface area contributed by atoms with Crippen LogP contribution in [-0.4, -0.2) is 15.0 Å².